The number of pyridine rings is 1. The largest absolute Gasteiger partial charge is 0.573 e. The maximum absolute atomic E-state index is 13.3. The van der Waals surface area contributed by atoms with E-state index in [0.29, 0.717) is 0 Å². The van der Waals surface area contributed by atoms with Gasteiger partial charge in [-0.15, -0.1) is 13.2 Å². The van der Waals surface area contributed by atoms with Crippen LogP contribution in [0.4, 0.5) is 17.6 Å². The highest BCUT2D eigenvalue weighted by atomic mass is 19.4. The van der Waals surface area contributed by atoms with Gasteiger partial charge >= 0.3 is 12.3 Å². The maximum atomic E-state index is 13.3. The molecule has 0 aliphatic carbocycles. The van der Waals surface area contributed by atoms with Crippen molar-refractivity contribution in [2.75, 3.05) is 0 Å². The standard InChI is InChI=1S/C9H8F4N2O3/c10-8-7(18-9(11,12)13)4(3-14)1-5(15-8)2-6(16)17/h1H,2-3,14H2,(H,16,17). The zero-order valence-electron chi connectivity index (χ0n) is 8.79. The third kappa shape index (κ3) is 3.84. The third-order valence-corrected chi connectivity index (χ3v) is 1.83. The van der Waals surface area contributed by atoms with Gasteiger partial charge in [0.25, 0.3) is 5.95 Å². The van der Waals surface area contributed by atoms with E-state index in [1.165, 1.54) is 0 Å². The van der Waals surface area contributed by atoms with E-state index < -0.39 is 37.0 Å². The first-order chi connectivity index (χ1) is 8.23. The first-order valence-electron chi connectivity index (χ1n) is 4.59. The summed E-state index contributed by atoms with van der Waals surface area (Å²) in [5.41, 5.74) is 4.60. The zero-order chi connectivity index (χ0) is 13.9. The molecule has 0 unspecified atom stereocenters. The minimum atomic E-state index is -5.08. The van der Waals surface area contributed by atoms with E-state index in [0.717, 1.165) is 6.07 Å². The average molecular weight is 268 g/mol. The minimum absolute atomic E-state index is 0.241. The van der Waals surface area contributed by atoms with Crippen LogP contribution in [0.25, 0.3) is 0 Å². The Morgan fingerprint density at radius 2 is 2.11 bits per heavy atom. The number of halogens is 4. The van der Waals surface area contributed by atoms with Crippen LogP contribution in [-0.4, -0.2) is 22.4 Å². The van der Waals surface area contributed by atoms with Crippen LogP contribution in [0.15, 0.2) is 6.07 Å². The lowest BCUT2D eigenvalue weighted by atomic mass is 10.1. The van der Waals surface area contributed by atoms with Crippen LogP contribution < -0.4 is 10.5 Å². The molecule has 0 aliphatic heterocycles. The molecule has 0 atom stereocenters. The van der Waals surface area contributed by atoms with Crippen molar-refractivity contribution in [2.45, 2.75) is 19.3 Å². The number of rotatable bonds is 4. The summed E-state index contributed by atoms with van der Waals surface area (Å²) in [6.07, 6.45) is -5.71. The Kier molecular flexibility index (Phi) is 4.07. The van der Waals surface area contributed by atoms with E-state index in [4.69, 9.17) is 10.8 Å². The second kappa shape index (κ2) is 5.17. The van der Waals surface area contributed by atoms with Crippen molar-refractivity contribution in [3.05, 3.63) is 23.3 Å². The lowest BCUT2D eigenvalue weighted by molar-refractivity contribution is -0.276. The lowest BCUT2D eigenvalue weighted by Gasteiger charge is -2.13. The van der Waals surface area contributed by atoms with Crippen molar-refractivity contribution >= 4 is 5.97 Å². The quantitative estimate of drug-likeness (QED) is 0.633. The van der Waals surface area contributed by atoms with Crippen molar-refractivity contribution in [1.82, 2.24) is 4.98 Å². The summed E-state index contributed by atoms with van der Waals surface area (Å²) >= 11 is 0. The number of carbonyl (C=O) groups is 1. The SMILES string of the molecule is NCc1cc(CC(=O)O)nc(F)c1OC(F)(F)F. The molecule has 18 heavy (non-hydrogen) atoms. The number of aliphatic carboxylic acids is 1. The topological polar surface area (TPSA) is 85.4 Å². The number of aromatic nitrogens is 1. The predicted octanol–water partition coefficient (Wildman–Crippen LogP) is 1.21. The fourth-order valence-corrected chi connectivity index (χ4v) is 1.23. The van der Waals surface area contributed by atoms with Gasteiger partial charge in [0.1, 0.15) is 0 Å². The second-order valence-electron chi connectivity index (χ2n) is 3.22. The highest BCUT2D eigenvalue weighted by Gasteiger charge is 2.34. The van der Waals surface area contributed by atoms with Gasteiger partial charge in [0.15, 0.2) is 5.75 Å². The molecule has 100 valence electrons. The van der Waals surface area contributed by atoms with Gasteiger partial charge in [-0.05, 0) is 6.07 Å². The van der Waals surface area contributed by atoms with Gasteiger partial charge in [0, 0.05) is 12.1 Å². The van der Waals surface area contributed by atoms with Gasteiger partial charge in [-0.25, -0.2) is 4.98 Å². The van der Waals surface area contributed by atoms with Gasteiger partial charge in [-0.3, -0.25) is 4.79 Å². The number of hydrogen-bond acceptors (Lipinski definition) is 4. The molecular weight excluding hydrogens is 260 g/mol. The van der Waals surface area contributed by atoms with Crippen LogP contribution in [0.3, 0.4) is 0 Å². The van der Waals surface area contributed by atoms with Crippen LogP contribution in [0.1, 0.15) is 11.3 Å². The predicted molar refractivity (Wildman–Crippen MR) is 50.1 cm³/mol. The van der Waals surface area contributed by atoms with Crippen LogP contribution >= 0.6 is 0 Å². The number of hydrogen-bond donors (Lipinski definition) is 2. The summed E-state index contributed by atoms with van der Waals surface area (Å²) in [6, 6.07) is 0.957. The lowest BCUT2D eigenvalue weighted by Crippen LogP contribution is -2.20. The fraction of sp³-hybridized carbons (Fsp3) is 0.333. The molecule has 0 aliphatic rings. The van der Waals surface area contributed by atoms with E-state index >= 15 is 0 Å². The Morgan fingerprint density at radius 3 is 2.56 bits per heavy atom. The van der Waals surface area contributed by atoms with Gasteiger partial charge in [-0.1, -0.05) is 0 Å². The molecule has 3 N–H and O–H groups in total. The van der Waals surface area contributed by atoms with Crippen molar-refractivity contribution in [3.63, 3.8) is 0 Å². The molecular formula is C9H8F4N2O3. The smallest absolute Gasteiger partial charge is 0.481 e. The van der Waals surface area contributed by atoms with Gasteiger partial charge in [0.2, 0.25) is 0 Å². The van der Waals surface area contributed by atoms with Crippen molar-refractivity contribution in [1.29, 1.82) is 0 Å². The van der Waals surface area contributed by atoms with Crippen molar-refractivity contribution in [3.8, 4) is 5.75 Å². The van der Waals surface area contributed by atoms with Crippen LogP contribution in [0, 0.1) is 5.95 Å². The summed E-state index contributed by atoms with van der Waals surface area (Å²) < 4.78 is 52.7. The second-order valence-corrected chi connectivity index (χ2v) is 3.22. The molecule has 1 aromatic heterocycles. The molecule has 0 fully saturated rings. The van der Waals surface area contributed by atoms with Gasteiger partial charge in [-0.2, -0.15) is 4.39 Å². The number of nitrogens with zero attached hydrogens (tertiary/aromatic N) is 1. The Morgan fingerprint density at radius 1 is 1.50 bits per heavy atom. The molecule has 9 heteroatoms. The number of alkyl halides is 3. The maximum Gasteiger partial charge on any atom is 0.573 e. The number of carboxylic acid groups (broad SMARTS) is 1. The van der Waals surface area contributed by atoms with Gasteiger partial charge < -0.3 is 15.6 Å². The van der Waals surface area contributed by atoms with E-state index in [1.807, 2.05) is 0 Å². The van der Waals surface area contributed by atoms with E-state index in [2.05, 4.69) is 9.72 Å². The molecule has 0 saturated heterocycles. The molecule has 1 rings (SSSR count). The van der Waals surface area contributed by atoms with E-state index in [9.17, 15) is 22.4 Å². The number of nitrogens with two attached hydrogens (primary N) is 1. The first kappa shape index (κ1) is 14.2. The van der Waals surface area contributed by atoms with E-state index in [-0.39, 0.29) is 11.3 Å². The minimum Gasteiger partial charge on any atom is -0.481 e. The van der Waals surface area contributed by atoms with Crippen LogP contribution in [0.5, 0.6) is 5.75 Å². The van der Waals surface area contributed by atoms with Crippen LogP contribution in [0.2, 0.25) is 0 Å². The molecule has 0 bridgehead atoms. The molecule has 1 aromatic rings. The molecule has 1 heterocycles. The molecule has 0 radical (unpaired) electrons. The molecule has 0 aromatic carbocycles. The number of ether oxygens (including phenoxy) is 1. The molecule has 5 nitrogen and oxygen atoms in total. The average Bonchev–Trinajstić information content (AvgIpc) is 2.19. The zero-order valence-corrected chi connectivity index (χ0v) is 8.79. The monoisotopic (exact) mass is 268 g/mol. The van der Waals surface area contributed by atoms with Crippen molar-refractivity contribution < 1.29 is 32.2 Å². The highest BCUT2D eigenvalue weighted by molar-refractivity contribution is 5.69. The fourth-order valence-electron chi connectivity index (χ4n) is 1.23. The normalized spacial score (nSPS) is 11.4. The Balaban J connectivity index is 3.15. The summed E-state index contributed by atoms with van der Waals surface area (Å²) in [5, 5.41) is 8.47. The Bertz CT molecular complexity index is 462. The van der Waals surface area contributed by atoms with Gasteiger partial charge in [0.05, 0.1) is 12.1 Å². The first-order valence-corrected chi connectivity index (χ1v) is 4.59. The van der Waals surface area contributed by atoms with Crippen molar-refractivity contribution in [2.24, 2.45) is 5.73 Å². The molecule has 0 amide bonds. The van der Waals surface area contributed by atoms with E-state index in [1.54, 1.807) is 0 Å². The summed E-state index contributed by atoms with van der Waals surface area (Å²) in [6.45, 7) is -0.447. The summed E-state index contributed by atoms with van der Waals surface area (Å²) in [4.78, 5) is 13.5. The molecule has 0 saturated carbocycles. The highest BCUT2D eigenvalue weighted by Crippen LogP contribution is 2.28. The number of carboxylic acids is 1. The third-order valence-electron chi connectivity index (χ3n) is 1.83. The Labute approximate surface area is 98.2 Å². The summed E-state index contributed by atoms with van der Waals surface area (Å²) in [5.74, 6) is -3.99. The Hall–Kier alpha value is -1.90. The molecule has 0 spiro atoms. The summed E-state index contributed by atoms with van der Waals surface area (Å²) in [7, 11) is 0. The van der Waals surface area contributed by atoms with Crippen LogP contribution in [-0.2, 0) is 17.8 Å².